The average molecular weight is 205 g/mol. The highest BCUT2D eigenvalue weighted by Gasteiger charge is 2.02. The van der Waals surface area contributed by atoms with Crippen molar-refractivity contribution in [3.63, 3.8) is 0 Å². The topological polar surface area (TPSA) is 17.1 Å². The number of halogens is 1. The van der Waals surface area contributed by atoms with Crippen LogP contribution in [0.1, 0.15) is 15.9 Å². The number of alkyl halides is 1. The van der Waals surface area contributed by atoms with E-state index in [1.165, 1.54) is 0 Å². The third kappa shape index (κ3) is 1.40. The monoisotopic (exact) mass is 204 g/mol. The quantitative estimate of drug-likeness (QED) is 0.541. The summed E-state index contributed by atoms with van der Waals surface area (Å²) in [6.07, 6.45) is 0.875. The number of hydrogen-bond acceptors (Lipinski definition) is 1. The molecule has 2 heteroatoms. The molecule has 2 rings (SSSR count). The molecule has 2 aromatic carbocycles. The van der Waals surface area contributed by atoms with Crippen molar-refractivity contribution in [2.45, 2.75) is 5.88 Å². The molecule has 0 saturated carbocycles. The molecule has 0 N–H and O–H groups in total. The molecular formula is C12H9ClO. The van der Waals surface area contributed by atoms with E-state index < -0.39 is 0 Å². The molecule has 1 nitrogen and oxygen atoms in total. The van der Waals surface area contributed by atoms with Crippen LogP contribution in [0.5, 0.6) is 0 Å². The number of benzene rings is 2. The fraction of sp³-hybridized carbons (Fsp3) is 0.0833. The van der Waals surface area contributed by atoms with Gasteiger partial charge in [0.1, 0.15) is 0 Å². The minimum atomic E-state index is 0.472. The van der Waals surface area contributed by atoms with Gasteiger partial charge in [0, 0.05) is 11.4 Å². The van der Waals surface area contributed by atoms with Gasteiger partial charge >= 0.3 is 0 Å². The molecule has 2 aromatic rings. The van der Waals surface area contributed by atoms with Crippen LogP contribution in [0.15, 0.2) is 36.4 Å². The van der Waals surface area contributed by atoms with Crippen molar-refractivity contribution in [3.8, 4) is 0 Å². The molecule has 0 spiro atoms. The Bertz CT molecular complexity index is 477. The molecule has 0 radical (unpaired) electrons. The summed E-state index contributed by atoms with van der Waals surface area (Å²) in [5.74, 6) is 0.472. The Morgan fingerprint density at radius 3 is 2.50 bits per heavy atom. The molecule has 0 aliphatic heterocycles. The molecule has 0 fully saturated rings. The van der Waals surface area contributed by atoms with Crippen LogP contribution in [0.25, 0.3) is 10.8 Å². The highest BCUT2D eigenvalue weighted by atomic mass is 35.5. The Balaban J connectivity index is 2.84. The summed E-state index contributed by atoms with van der Waals surface area (Å²) in [5, 5.41) is 2.03. The van der Waals surface area contributed by atoms with E-state index in [1.54, 1.807) is 0 Å². The summed E-state index contributed by atoms with van der Waals surface area (Å²) < 4.78 is 0. The first kappa shape index (κ1) is 9.22. The number of carbonyl (C=O) groups is 1. The fourth-order valence-electron chi connectivity index (χ4n) is 1.62. The first-order valence-electron chi connectivity index (χ1n) is 4.38. The second-order valence-corrected chi connectivity index (χ2v) is 3.38. The van der Waals surface area contributed by atoms with Gasteiger partial charge in [-0.2, -0.15) is 0 Å². The SMILES string of the molecule is O=Cc1cccc2c(CCl)cccc12. The average Bonchev–Trinajstić information content (AvgIpc) is 2.27. The summed E-state index contributed by atoms with van der Waals surface area (Å²) in [6.45, 7) is 0. The lowest BCUT2D eigenvalue weighted by Crippen LogP contribution is -1.86. The van der Waals surface area contributed by atoms with Crippen molar-refractivity contribution in [2.24, 2.45) is 0 Å². The molecule has 0 unspecified atom stereocenters. The highest BCUT2D eigenvalue weighted by Crippen LogP contribution is 2.22. The molecule has 70 valence electrons. The van der Waals surface area contributed by atoms with E-state index in [4.69, 9.17) is 11.6 Å². The summed E-state index contributed by atoms with van der Waals surface area (Å²) in [5.41, 5.74) is 1.78. The van der Waals surface area contributed by atoms with E-state index in [1.807, 2.05) is 36.4 Å². The molecule has 0 saturated heterocycles. The molecule has 0 heterocycles. The first-order chi connectivity index (χ1) is 6.86. The standard InChI is InChI=1S/C12H9ClO/c13-7-9-3-1-6-12-10(8-14)4-2-5-11(9)12/h1-6,8H,7H2. The summed E-state index contributed by atoms with van der Waals surface area (Å²) in [7, 11) is 0. The number of carbonyl (C=O) groups excluding carboxylic acids is 1. The largest absolute Gasteiger partial charge is 0.298 e. The first-order valence-corrected chi connectivity index (χ1v) is 4.92. The predicted molar refractivity (Wildman–Crippen MR) is 58.9 cm³/mol. The molecule has 0 aliphatic carbocycles. The molecule has 0 atom stereocenters. The Morgan fingerprint density at radius 1 is 1.07 bits per heavy atom. The minimum absolute atomic E-state index is 0.472. The van der Waals surface area contributed by atoms with Gasteiger partial charge in [-0.25, -0.2) is 0 Å². The van der Waals surface area contributed by atoms with Crippen LogP contribution in [-0.4, -0.2) is 6.29 Å². The molecule has 0 aliphatic rings. The third-order valence-corrected chi connectivity index (χ3v) is 2.60. The van der Waals surface area contributed by atoms with Crippen molar-refractivity contribution in [2.75, 3.05) is 0 Å². The van der Waals surface area contributed by atoms with Crippen LogP contribution in [-0.2, 0) is 5.88 Å². The molecule has 0 bridgehead atoms. The lowest BCUT2D eigenvalue weighted by atomic mass is 10.0. The number of hydrogen-bond donors (Lipinski definition) is 0. The zero-order valence-corrected chi connectivity index (χ0v) is 8.29. The van der Waals surface area contributed by atoms with Crippen LogP contribution in [0.4, 0.5) is 0 Å². The zero-order valence-electron chi connectivity index (χ0n) is 7.53. The number of aldehydes is 1. The van der Waals surface area contributed by atoms with Crippen LogP contribution < -0.4 is 0 Å². The lowest BCUT2D eigenvalue weighted by Gasteiger charge is -2.04. The highest BCUT2D eigenvalue weighted by molar-refractivity contribution is 6.18. The second kappa shape index (κ2) is 3.81. The van der Waals surface area contributed by atoms with Crippen molar-refractivity contribution in [1.29, 1.82) is 0 Å². The minimum Gasteiger partial charge on any atom is -0.298 e. The summed E-state index contributed by atoms with van der Waals surface area (Å²) in [4.78, 5) is 10.8. The lowest BCUT2D eigenvalue weighted by molar-refractivity contribution is 0.112. The maximum Gasteiger partial charge on any atom is 0.150 e. The Kier molecular flexibility index (Phi) is 2.51. The van der Waals surface area contributed by atoms with Crippen LogP contribution in [0, 0.1) is 0 Å². The van der Waals surface area contributed by atoms with Gasteiger partial charge in [-0.3, -0.25) is 4.79 Å². The summed E-state index contributed by atoms with van der Waals surface area (Å²) in [6, 6.07) is 11.5. The zero-order chi connectivity index (χ0) is 9.97. The van der Waals surface area contributed by atoms with Gasteiger partial charge < -0.3 is 0 Å². The van der Waals surface area contributed by atoms with Crippen LogP contribution in [0.2, 0.25) is 0 Å². The van der Waals surface area contributed by atoms with Crippen molar-refractivity contribution in [3.05, 3.63) is 47.5 Å². The van der Waals surface area contributed by atoms with E-state index >= 15 is 0 Å². The normalized spacial score (nSPS) is 10.4. The van der Waals surface area contributed by atoms with Gasteiger partial charge in [0.15, 0.2) is 6.29 Å². The van der Waals surface area contributed by atoms with Gasteiger partial charge in [-0.1, -0.05) is 36.4 Å². The maximum atomic E-state index is 10.8. The molecule has 0 amide bonds. The Hall–Kier alpha value is -1.34. The van der Waals surface area contributed by atoms with Gasteiger partial charge in [0.25, 0.3) is 0 Å². The third-order valence-electron chi connectivity index (χ3n) is 2.32. The van der Waals surface area contributed by atoms with E-state index in [2.05, 4.69) is 0 Å². The van der Waals surface area contributed by atoms with E-state index in [0.29, 0.717) is 5.88 Å². The van der Waals surface area contributed by atoms with Gasteiger partial charge in [0.05, 0.1) is 0 Å². The van der Waals surface area contributed by atoms with Gasteiger partial charge in [-0.15, -0.1) is 11.6 Å². The van der Waals surface area contributed by atoms with Gasteiger partial charge in [0.2, 0.25) is 0 Å². The van der Waals surface area contributed by atoms with Gasteiger partial charge in [-0.05, 0) is 16.3 Å². The second-order valence-electron chi connectivity index (χ2n) is 3.11. The Labute approximate surface area is 87.3 Å². The maximum absolute atomic E-state index is 10.8. The summed E-state index contributed by atoms with van der Waals surface area (Å²) >= 11 is 5.81. The fourth-order valence-corrected chi connectivity index (χ4v) is 1.85. The van der Waals surface area contributed by atoms with Crippen LogP contribution >= 0.6 is 11.6 Å². The molecule has 0 aromatic heterocycles. The van der Waals surface area contributed by atoms with E-state index in [9.17, 15) is 4.79 Å². The number of fused-ring (bicyclic) bond motifs is 1. The van der Waals surface area contributed by atoms with Crippen molar-refractivity contribution >= 4 is 28.7 Å². The van der Waals surface area contributed by atoms with Crippen LogP contribution in [0.3, 0.4) is 0 Å². The molecular weight excluding hydrogens is 196 g/mol. The predicted octanol–water partition coefficient (Wildman–Crippen LogP) is 3.39. The van der Waals surface area contributed by atoms with Crippen molar-refractivity contribution < 1.29 is 4.79 Å². The van der Waals surface area contributed by atoms with E-state index in [0.717, 1.165) is 28.2 Å². The van der Waals surface area contributed by atoms with Crippen molar-refractivity contribution in [1.82, 2.24) is 0 Å². The Morgan fingerprint density at radius 2 is 1.79 bits per heavy atom. The van der Waals surface area contributed by atoms with E-state index in [-0.39, 0.29) is 0 Å². The number of rotatable bonds is 2. The molecule has 14 heavy (non-hydrogen) atoms. The smallest absolute Gasteiger partial charge is 0.150 e.